The van der Waals surface area contributed by atoms with Crippen LogP contribution in [0.3, 0.4) is 0 Å². The largest absolute Gasteiger partial charge is 0.355 e. The molecule has 0 unspecified atom stereocenters. The molecule has 0 fully saturated rings. The van der Waals surface area contributed by atoms with Gasteiger partial charge in [0.15, 0.2) is 11.0 Å². The van der Waals surface area contributed by atoms with Crippen molar-refractivity contribution < 1.29 is 4.79 Å². The van der Waals surface area contributed by atoms with E-state index >= 15 is 0 Å². The Hall–Kier alpha value is -2.15. The Morgan fingerprint density at radius 3 is 2.82 bits per heavy atom. The smallest absolute Gasteiger partial charge is 0.233 e. The number of aromatic nitrogens is 4. The predicted molar refractivity (Wildman–Crippen MR) is 87.5 cm³/mol. The molecule has 22 heavy (non-hydrogen) atoms. The third-order valence-electron chi connectivity index (χ3n) is 2.97. The van der Waals surface area contributed by atoms with Crippen LogP contribution < -0.4 is 5.32 Å². The summed E-state index contributed by atoms with van der Waals surface area (Å²) in [5.41, 5.74) is 0.932. The highest BCUT2D eigenvalue weighted by Gasteiger charge is 2.19. The quantitative estimate of drug-likeness (QED) is 0.626. The molecular formula is C15H19N5OS. The molecule has 0 aliphatic heterocycles. The number of nitrogens with zero attached hydrogens (tertiary/aromatic N) is 4. The van der Waals surface area contributed by atoms with Gasteiger partial charge in [-0.1, -0.05) is 17.8 Å². The Labute approximate surface area is 134 Å². The molecule has 0 aliphatic rings. The number of amides is 1. The van der Waals surface area contributed by atoms with E-state index in [1.807, 2.05) is 30.5 Å². The molecule has 6 nitrogen and oxygen atoms in total. The molecule has 0 bridgehead atoms. The second-order valence-electron chi connectivity index (χ2n) is 4.60. The summed E-state index contributed by atoms with van der Waals surface area (Å²) >= 11 is 1.39. The fourth-order valence-corrected chi connectivity index (χ4v) is 2.80. The normalized spacial score (nSPS) is 11.9. The van der Waals surface area contributed by atoms with E-state index in [2.05, 4.69) is 27.1 Å². The predicted octanol–water partition coefficient (Wildman–Crippen LogP) is 2.14. The van der Waals surface area contributed by atoms with Crippen LogP contribution in [0.15, 0.2) is 42.3 Å². The van der Waals surface area contributed by atoms with Crippen LogP contribution >= 0.6 is 11.8 Å². The van der Waals surface area contributed by atoms with Crippen molar-refractivity contribution in [2.45, 2.75) is 30.8 Å². The SMILES string of the molecule is C=CCn1c(S[C@H](C)C(=O)NCC)nnc1-c1ccncc1. The molecule has 116 valence electrons. The van der Waals surface area contributed by atoms with Gasteiger partial charge in [-0.2, -0.15) is 0 Å². The Kier molecular flexibility index (Phi) is 5.71. The Balaban J connectivity index is 2.27. The number of carbonyl (C=O) groups is 1. The molecule has 0 spiro atoms. The summed E-state index contributed by atoms with van der Waals surface area (Å²) in [5, 5.41) is 11.7. The van der Waals surface area contributed by atoms with Gasteiger partial charge in [-0.3, -0.25) is 14.3 Å². The molecule has 2 rings (SSSR count). The van der Waals surface area contributed by atoms with Crippen LogP contribution in [0.5, 0.6) is 0 Å². The molecule has 0 aromatic carbocycles. The van der Waals surface area contributed by atoms with Gasteiger partial charge < -0.3 is 5.32 Å². The summed E-state index contributed by atoms with van der Waals surface area (Å²) in [6.45, 7) is 8.73. The average Bonchev–Trinajstić information content (AvgIpc) is 2.91. The maximum absolute atomic E-state index is 11.9. The van der Waals surface area contributed by atoms with Gasteiger partial charge in [0.05, 0.1) is 5.25 Å². The summed E-state index contributed by atoms with van der Waals surface area (Å²) in [7, 11) is 0. The first-order valence-electron chi connectivity index (χ1n) is 7.06. The van der Waals surface area contributed by atoms with Crippen LogP contribution in [0.2, 0.25) is 0 Å². The van der Waals surface area contributed by atoms with E-state index in [4.69, 9.17) is 0 Å². The lowest BCUT2D eigenvalue weighted by Gasteiger charge is -2.12. The topological polar surface area (TPSA) is 72.7 Å². The summed E-state index contributed by atoms with van der Waals surface area (Å²) < 4.78 is 1.95. The number of hydrogen-bond acceptors (Lipinski definition) is 5. The molecule has 7 heteroatoms. The van der Waals surface area contributed by atoms with E-state index in [1.165, 1.54) is 11.8 Å². The lowest BCUT2D eigenvalue weighted by Crippen LogP contribution is -2.30. The Morgan fingerprint density at radius 1 is 1.45 bits per heavy atom. The van der Waals surface area contributed by atoms with Crippen LogP contribution in [0, 0.1) is 0 Å². The zero-order chi connectivity index (χ0) is 15.9. The minimum absolute atomic E-state index is 0.00823. The molecule has 1 amide bonds. The van der Waals surface area contributed by atoms with Crippen LogP contribution in [0.1, 0.15) is 13.8 Å². The second kappa shape index (κ2) is 7.74. The standard InChI is InChI=1S/C15H19N5OS/c1-4-10-20-13(12-6-8-16-9-7-12)18-19-15(20)22-11(3)14(21)17-5-2/h4,6-9,11H,1,5,10H2,2-3H3,(H,17,21)/t11-/m1/s1. The molecule has 1 N–H and O–H groups in total. The van der Waals surface area contributed by atoms with Crippen molar-refractivity contribution in [2.75, 3.05) is 6.54 Å². The maximum atomic E-state index is 11.9. The number of pyridine rings is 1. The van der Waals surface area contributed by atoms with Crippen molar-refractivity contribution in [3.05, 3.63) is 37.2 Å². The molecule has 0 saturated heterocycles. The zero-order valence-electron chi connectivity index (χ0n) is 12.7. The highest BCUT2D eigenvalue weighted by molar-refractivity contribution is 8.00. The number of allylic oxidation sites excluding steroid dienone is 1. The van der Waals surface area contributed by atoms with Crippen LogP contribution in [-0.4, -0.2) is 37.5 Å². The molecule has 0 radical (unpaired) electrons. The molecular weight excluding hydrogens is 298 g/mol. The fraction of sp³-hybridized carbons (Fsp3) is 0.333. The van der Waals surface area contributed by atoms with E-state index < -0.39 is 0 Å². The van der Waals surface area contributed by atoms with Crippen LogP contribution in [0.4, 0.5) is 0 Å². The highest BCUT2D eigenvalue weighted by Crippen LogP contribution is 2.26. The Bertz CT molecular complexity index is 641. The van der Waals surface area contributed by atoms with Crippen molar-refractivity contribution >= 4 is 17.7 Å². The first-order valence-corrected chi connectivity index (χ1v) is 7.94. The minimum atomic E-state index is -0.238. The second-order valence-corrected chi connectivity index (χ2v) is 5.90. The molecule has 1 atom stereocenters. The molecule has 2 aromatic rings. The van der Waals surface area contributed by atoms with Gasteiger partial charge in [-0.25, -0.2) is 0 Å². The van der Waals surface area contributed by atoms with E-state index in [0.29, 0.717) is 18.2 Å². The zero-order valence-corrected chi connectivity index (χ0v) is 13.5. The number of carbonyl (C=O) groups excluding carboxylic acids is 1. The van der Waals surface area contributed by atoms with Crippen molar-refractivity contribution in [1.82, 2.24) is 25.1 Å². The third-order valence-corrected chi connectivity index (χ3v) is 4.05. The molecule has 0 aliphatic carbocycles. The third kappa shape index (κ3) is 3.73. The highest BCUT2D eigenvalue weighted by atomic mass is 32.2. The molecule has 2 aromatic heterocycles. The van der Waals surface area contributed by atoms with E-state index in [0.717, 1.165) is 11.4 Å². The van der Waals surface area contributed by atoms with E-state index in [9.17, 15) is 4.79 Å². The van der Waals surface area contributed by atoms with Crippen molar-refractivity contribution in [2.24, 2.45) is 0 Å². The number of hydrogen-bond donors (Lipinski definition) is 1. The van der Waals surface area contributed by atoms with Gasteiger partial charge in [-0.05, 0) is 26.0 Å². The van der Waals surface area contributed by atoms with Gasteiger partial charge in [0.2, 0.25) is 5.91 Å². The number of thioether (sulfide) groups is 1. The first-order chi connectivity index (χ1) is 10.7. The van der Waals surface area contributed by atoms with Gasteiger partial charge in [-0.15, -0.1) is 16.8 Å². The van der Waals surface area contributed by atoms with Crippen molar-refractivity contribution in [3.8, 4) is 11.4 Å². The Morgan fingerprint density at radius 2 is 2.18 bits per heavy atom. The summed E-state index contributed by atoms with van der Waals surface area (Å²) in [5.74, 6) is 0.735. The lowest BCUT2D eigenvalue weighted by atomic mass is 10.2. The number of rotatable bonds is 7. The van der Waals surface area contributed by atoms with E-state index in [-0.39, 0.29) is 11.2 Å². The number of nitrogens with one attached hydrogen (secondary N) is 1. The van der Waals surface area contributed by atoms with Crippen LogP contribution in [-0.2, 0) is 11.3 Å². The summed E-state index contributed by atoms with van der Waals surface area (Å²) in [6, 6.07) is 3.76. The van der Waals surface area contributed by atoms with Crippen LogP contribution in [0.25, 0.3) is 11.4 Å². The monoisotopic (exact) mass is 317 g/mol. The van der Waals surface area contributed by atoms with Gasteiger partial charge in [0.1, 0.15) is 0 Å². The fourth-order valence-electron chi connectivity index (χ4n) is 1.91. The maximum Gasteiger partial charge on any atom is 0.233 e. The van der Waals surface area contributed by atoms with Gasteiger partial charge in [0, 0.05) is 31.0 Å². The molecule has 2 heterocycles. The molecule has 0 saturated carbocycles. The first kappa shape index (κ1) is 16.2. The van der Waals surface area contributed by atoms with Crippen molar-refractivity contribution in [1.29, 1.82) is 0 Å². The van der Waals surface area contributed by atoms with E-state index in [1.54, 1.807) is 18.5 Å². The minimum Gasteiger partial charge on any atom is -0.355 e. The van der Waals surface area contributed by atoms with Crippen molar-refractivity contribution in [3.63, 3.8) is 0 Å². The van der Waals surface area contributed by atoms with Gasteiger partial charge in [0.25, 0.3) is 0 Å². The average molecular weight is 317 g/mol. The summed E-state index contributed by atoms with van der Waals surface area (Å²) in [4.78, 5) is 15.9. The van der Waals surface area contributed by atoms with Gasteiger partial charge >= 0.3 is 0 Å². The summed E-state index contributed by atoms with van der Waals surface area (Å²) in [6.07, 6.45) is 5.22. The lowest BCUT2D eigenvalue weighted by molar-refractivity contribution is -0.120.